The van der Waals surface area contributed by atoms with Crippen LogP contribution in [0.1, 0.15) is 18.4 Å². The third-order valence-corrected chi connectivity index (χ3v) is 8.75. The van der Waals surface area contributed by atoms with Gasteiger partial charge in [-0.25, -0.2) is 9.78 Å². The van der Waals surface area contributed by atoms with E-state index in [9.17, 15) is 18.0 Å². The summed E-state index contributed by atoms with van der Waals surface area (Å²) in [5.41, 5.74) is 4.81. The van der Waals surface area contributed by atoms with Gasteiger partial charge in [0.05, 0.1) is 33.2 Å². The molecule has 226 valence electrons. The number of halogens is 3. The molecule has 3 aromatic rings. The lowest BCUT2D eigenvalue weighted by molar-refractivity contribution is -0.143. The van der Waals surface area contributed by atoms with Gasteiger partial charge in [0.15, 0.2) is 0 Å². The van der Waals surface area contributed by atoms with Crippen LogP contribution in [0.2, 0.25) is 19.6 Å². The number of aromatic nitrogens is 4. The molecule has 0 radical (unpaired) electrons. The molecule has 2 aliphatic rings. The van der Waals surface area contributed by atoms with Crippen molar-refractivity contribution in [2.24, 2.45) is 5.92 Å². The van der Waals surface area contributed by atoms with Gasteiger partial charge in [0.1, 0.15) is 11.5 Å². The van der Waals surface area contributed by atoms with Crippen LogP contribution in [0.5, 0.6) is 0 Å². The summed E-state index contributed by atoms with van der Waals surface area (Å²) in [5.74, 6) is 0.244. The van der Waals surface area contributed by atoms with Crippen LogP contribution >= 0.6 is 0 Å². The van der Waals surface area contributed by atoms with E-state index in [1.54, 1.807) is 0 Å². The van der Waals surface area contributed by atoms with E-state index < -0.39 is 32.6 Å². The normalized spacial score (nSPS) is 18.0. The molecule has 1 aromatic carbocycles. The number of aryl methyl sites for hydroxylation is 1. The number of pyridine rings is 1. The zero-order chi connectivity index (χ0) is 30.1. The molecule has 4 heterocycles. The maximum absolute atomic E-state index is 13.0. The summed E-state index contributed by atoms with van der Waals surface area (Å²) in [4.78, 5) is 21.6. The molecule has 42 heavy (non-hydrogen) atoms. The highest BCUT2D eigenvalue weighted by atomic mass is 28.3. The van der Waals surface area contributed by atoms with Crippen LogP contribution in [-0.4, -0.2) is 84.6 Å². The molecule has 0 aliphatic carbocycles. The second kappa shape index (κ2) is 12.0. The second-order valence-corrected chi connectivity index (χ2v) is 17.9. The molecule has 1 unspecified atom stereocenters. The van der Waals surface area contributed by atoms with Gasteiger partial charge in [0.2, 0.25) is 0 Å². The number of nitrogens with zero attached hydrogens (tertiary/aromatic N) is 6. The van der Waals surface area contributed by atoms with Crippen molar-refractivity contribution in [2.45, 2.75) is 51.8 Å². The summed E-state index contributed by atoms with van der Waals surface area (Å²) in [6, 6.07) is 9.28. The van der Waals surface area contributed by atoms with Gasteiger partial charge in [-0.05, 0) is 60.2 Å². The van der Waals surface area contributed by atoms with Crippen LogP contribution in [0, 0.1) is 12.8 Å². The summed E-state index contributed by atoms with van der Waals surface area (Å²) < 4.78 is 46.0. The summed E-state index contributed by atoms with van der Waals surface area (Å²) in [7, 11) is -1.41. The number of anilines is 2. The van der Waals surface area contributed by atoms with E-state index in [4.69, 9.17) is 9.72 Å². The Morgan fingerprint density at radius 2 is 1.86 bits per heavy atom. The van der Waals surface area contributed by atoms with E-state index in [0.29, 0.717) is 43.3 Å². The first-order chi connectivity index (χ1) is 19.8. The zero-order valence-electron chi connectivity index (χ0n) is 24.5. The van der Waals surface area contributed by atoms with E-state index in [0.717, 1.165) is 41.8 Å². The number of benzene rings is 1. The van der Waals surface area contributed by atoms with Crippen LogP contribution in [0.15, 0.2) is 36.5 Å². The van der Waals surface area contributed by atoms with Crippen molar-refractivity contribution in [3.63, 3.8) is 0 Å². The Balaban J connectivity index is 1.42. The number of likely N-dealkylation sites (tertiary alicyclic amines) is 1. The Kier molecular flexibility index (Phi) is 8.60. The first-order valence-corrected chi connectivity index (χ1v) is 18.0. The highest BCUT2D eigenvalue weighted by molar-refractivity contribution is 6.74. The van der Waals surface area contributed by atoms with Crippen LogP contribution < -0.4 is 10.2 Å². The highest BCUT2D eigenvalue weighted by Gasteiger charge is 2.36. The lowest BCUT2D eigenvalue weighted by Crippen LogP contribution is -2.36. The Bertz CT molecular complexity index is 1420. The van der Waals surface area contributed by atoms with Crippen LogP contribution in [0.25, 0.3) is 22.5 Å². The van der Waals surface area contributed by atoms with E-state index in [2.05, 4.69) is 40.2 Å². The molecule has 13 heteroatoms. The van der Waals surface area contributed by atoms with Crippen molar-refractivity contribution < 1.29 is 22.7 Å². The van der Waals surface area contributed by atoms with E-state index in [1.165, 1.54) is 4.90 Å². The van der Waals surface area contributed by atoms with E-state index in [-0.39, 0.29) is 6.54 Å². The van der Waals surface area contributed by atoms with E-state index in [1.807, 2.05) is 48.1 Å². The molecular formula is C29H38F3N7O2Si. The standard InChI is InChI=1S/C29H38F3N7O2Si/c1-20-5-6-23(33-28(40)38-8-7-21(17-38)16-29(30,31)32)15-24(20)22-13-25(26-18-39(36-35-26)19-42(2,3)4)34-27(14-22)37-9-11-41-12-10-37/h5-6,13-15,18,21H,7-12,16-17,19H2,1-4H3,(H,33,40). The summed E-state index contributed by atoms with van der Waals surface area (Å²) in [6.07, 6.45) is -1.95. The van der Waals surface area contributed by atoms with Crippen molar-refractivity contribution in [3.8, 4) is 22.5 Å². The quantitative estimate of drug-likeness (QED) is 0.343. The van der Waals surface area contributed by atoms with Crippen LogP contribution in [-0.2, 0) is 10.9 Å². The molecule has 1 N–H and O–H groups in total. The number of urea groups is 1. The highest BCUT2D eigenvalue weighted by Crippen LogP contribution is 2.34. The first kappa shape index (κ1) is 30.0. The topological polar surface area (TPSA) is 88.4 Å². The molecule has 0 saturated carbocycles. The minimum atomic E-state index is -4.23. The van der Waals surface area contributed by atoms with Gasteiger partial charge in [-0.3, -0.25) is 4.68 Å². The fourth-order valence-corrected chi connectivity index (χ4v) is 6.59. The average Bonchev–Trinajstić information content (AvgIpc) is 3.58. The van der Waals surface area contributed by atoms with Crippen molar-refractivity contribution in [1.82, 2.24) is 24.9 Å². The number of nitrogens with one attached hydrogen (secondary N) is 1. The fraction of sp³-hybridized carbons (Fsp3) is 0.517. The molecule has 2 amide bonds. The second-order valence-electron chi connectivity index (χ2n) is 12.4. The van der Waals surface area contributed by atoms with Crippen LogP contribution in [0.4, 0.5) is 29.5 Å². The molecule has 0 spiro atoms. The van der Waals surface area contributed by atoms with Gasteiger partial charge >= 0.3 is 12.2 Å². The number of carbonyl (C=O) groups is 1. The molecule has 2 aliphatic heterocycles. The van der Waals surface area contributed by atoms with E-state index >= 15 is 0 Å². The Hall–Kier alpha value is -3.45. The van der Waals surface area contributed by atoms with Gasteiger partial charge in [-0.15, -0.1) is 5.10 Å². The van der Waals surface area contributed by atoms with Crippen LogP contribution in [0.3, 0.4) is 0 Å². The zero-order valence-corrected chi connectivity index (χ0v) is 25.5. The van der Waals surface area contributed by atoms with Crippen molar-refractivity contribution in [2.75, 3.05) is 49.6 Å². The summed E-state index contributed by atoms with van der Waals surface area (Å²) in [6.45, 7) is 11.9. The SMILES string of the molecule is Cc1ccc(NC(=O)N2CCC(CC(F)(F)F)C2)cc1-c1cc(-c2cn(C[Si](C)(C)C)nn2)nc(N2CCOCC2)c1. The predicted molar refractivity (Wildman–Crippen MR) is 159 cm³/mol. The van der Waals surface area contributed by atoms with Crippen molar-refractivity contribution in [3.05, 3.63) is 42.1 Å². The third kappa shape index (κ3) is 7.68. The number of ether oxygens (including phenoxy) is 1. The maximum Gasteiger partial charge on any atom is 0.389 e. The molecule has 1 atom stereocenters. The number of amides is 2. The number of rotatable bonds is 7. The number of carbonyl (C=O) groups excluding carboxylic acids is 1. The molecule has 0 bridgehead atoms. The smallest absolute Gasteiger partial charge is 0.378 e. The van der Waals surface area contributed by atoms with Crippen molar-refractivity contribution in [1.29, 1.82) is 0 Å². The maximum atomic E-state index is 13.0. The molecule has 9 nitrogen and oxygen atoms in total. The lowest BCUT2D eigenvalue weighted by Gasteiger charge is -2.28. The van der Waals surface area contributed by atoms with Gasteiger partial charge < -0.3 is 19.9 Å². The molecule has 2 aromatic heterocycles. The number of hydrogen-bond donors (Lipinski definition) is 1. The molecule has 5 rings (SSSR count). The summed E-state index contributed by atoms with van der Waals surface area (Å²) >= 11 is 0. The monoisotopic (exact) mass is 601 g/mol. The fourth-order valence-electron chi connectivity index (χ4n) is 5.46. The van der Waals surface area contributed by atoms with Gasteiger partial charge in [-0.1, -0.05) is 30.9 Å². The predicted octanol–water partition coefficient (Wildman–Crippen LogP) is 5.84. The molecule has 2 fully saturated rings. The Morgan fingerprint density at radius 3 is 2.57 bits per heavy atom. The van der Waals surface area contributed by atoms with Gasteiger partial charge in [0, 0.05) is 44.5 Å². The first-order valence-electron chi connectivity index (χ1n) is 14.3. The minimum absolute atomic E-state index is 0.0963. The molecule has 2 saturated heterocycles. The van der Waals surface area contributed by atoms with Crippen molar-refractivity contribution >= 4 is 25.6 Å². The average molecular weight is 602 g/mol. The number of alkyl halides is 3. The third-order valence-electron chi connectivity index (χ3n) is 7.48. The largest absolute Gasteiger partial charge is 0.389 e. The van der Waals surface area contributed by atoms with Gasteiger partial charge in [0.25, 0.3) is 0 Å². The van der Waals surface area contributed by atoms with Gasteiger partial charge in [-0.2, -0.15) is 13.2 Å². The lowest BCUT2D eigenvalue weighted by atomic mass is 9.99. The minimum Gasteiger partial charge on any atom is -0.378 e. The Labute approximate surface area is 245 Å². The summed E-state index contributed by atoms with van der Waals surface area (Å²) in [5, 5.41) is 11.7. The number of hydrogen-bond acceptors (Lipinski definition) is 6. The number of morpholine rings is 1. The Morgan fingerprint density at radius 1 is 1.10 bits per heavy atom. The molecular weight excluding hydrogens is 563 g/mol.